The third-order valence-corrected chi connectivity index (χ3v) is 9.96. The molecule has 0 saturated heterocycles. The molecule has 41 heavy (non-hydrogen) atoms. The molecular formula is C31H42N2O6S2. The number of hydrogen-bond acceptors (Lipinski definition) is 8. The van der Waals surface area contributed by atoms with Crippen LogP contribution in [0.3, 0.4) is 0 Å². The number of nitrogens with one attached hydrogen (secondary N) is 2. The Morgan fingerprint density at radius 2 is 1.15 bits per heavy atom. The first-order valence-electron chi connectivity index (χ1n) is 14.9. The lowest BCUT2D eigenvalue weighted by Crippen LogP contribution is -2.18. The number of ether oxygens (including phenoxy) is 2. The predicted molar refractivity (Wildman–Crippen MR) is 163 cm³/mol. The number of fused-ring (bicyclic) bond motifs is 2. The number of carbonyl (C=O) groups is 4. The van der Waals surface area contributed by atoms with Gasteiger partial charge in [0.2, 0.25) is 11.8 Å². The summed E-state index contributed by atoms with van der Waals surface area (Å²) in [6.07, 6.45) is 7.48. The van der Waals surface area contributed by atoms with Crippen LogP contribution in [0.1, 0.15) is 114 Å². The first kappa shape index (κ1) is 31.2. The Balaban J connectivity index is 1.37. The molecule has 2 atom stereocenters. The van der Waals surface area contributed by atoms with E-state index in [1.165, 1.54) is 22.7 Å². The van der Waals surface area contributed by atoms with Gasteiger partial charge in [0.25, 0.3) is 0 Å². The highest BCUT2D eigenvalue weighted by Crippen LogP contribution is 2.41. The molecule has 0 bridgehead atoms. The molecule has 0 aliphatic heterocycles. The zero-order valence-corrected chi connectivity index (χ0v) is 26.2. The Labute approximate surface area is 250 Å². The number of anilines is 2. The van der Waals surface area contributed by atoms with Crippen LogP contribution in [0, 0.1) is 11.8 Å². The Bertz CT molecular complexity index is 1180. The fourth-order valence-corrected chi connectivity index (χ4v) is 8.26. The first-order chi connectivity index (χ1) is 19.7. The molecule has 0 saturated carbocycles. The van der Waals surface area contributed by atoms with Gasteiger partial charge in [0.05, 0.1) is 24.3 Å². The molecule has 8 nitrogen and oxygen atoms in total. The van der Waals surface area contributed by atoms with Crippen molar-refractivity contribution in [3.05, 3.63) is 32.0 Å². The van der Waals surface area contributed by atoms with Crippen LogP contribution in [0.2, 0.25) is 0 Å². The number of esters is 2. The zero-order chi connectivity index (χ0) is 29.5. The largest absolute Gasteiger partial charge is 0.462 e. The van der Waals surface area contributed by atoms with Crippen LogP contribution in [0.5, 0.6) is 0 Å². The van der Waals surface area contributed by atoms with Crippen molar-refractivity contribution in [1.29, 1.82) is 0 Å². The predicted octanol–water partition coefficient (Wildman–Crippen LogP) is 6.94. The van der Waals surface area contributed by atoms with Crippen LogP contribution in [0.4, 0.5) is 10.0 Å². The molecular weight excluding hydrogens is 560 g/mol. The molecule has 224 valence electrons. The highest BCUT2D eigenvalue weighted by Gasteiger charge is 2.30. The van der Waals surface area contributed by atoms with E-state index in [-0.39, 0.29) is 36.6 Å². The van der Waals surface area contributed by atoms with Gasteiger partial charge in [-0.05, 0) is 80.8 Å². The average molecular weight is 603 g/mol. The minimum absolute atomic E-state index is 0.139. The van der Waals surface area contributed by atoms with Gasteiger partial charge in [0.15, 0.2) is 0 Å². The third-order valence-electron chi connectivity index (χ3n) is 7.62. The highest BCUT2D eigenvalue weighted by atomic mass is 32.1. The molecule has 2 aliphatic carbocycles. The molecule has 0 radical (unpaired) electrons. The van der Waals surface area contributed by atoms with Gasteiger partial charge in [-0.2, -0.15) is 0 Å². The molecule has 2 heterocycles. The van der Waals surface area contributed by atoms with E-state index in [0.717, 1.165) is 72.2 Å². The second-order valence-corrected chi connectivity index (χ2v) is 13.5. The minimum atomic E-state index is -0.380. The second kappa shape index (κ2) is 14.4. The van der Waals surface area contributed by atoms with E-state index in [2.05, 4.69) is 24.5 Å². The fraction of sp³-hybridized carbons (Fsp3) is 0.613. The Morgan fingerprint density at radius 3 is 1.54 bits per heavy atom. The normalized spacial score (nSPS) is 17.8. The summed E-state index contributed by atoms with van der Waals surface area (Å²) in [6, 6.07) is 0. The van der Waals surface area contributed by atoms with Gasteiger partial charge in [0, 0.05) is 22.6 Å². The summed E-state index contributed by atoms with van der Waals surface area (Å²) in [6.45, 7) is 8.97. The van der Waals surface area contributed by atoms with Gasteiger partial charge in [0.1, 0.15) is 10.0 Å². The molecule has 10 heteroatoms. The smallest absolute Gasteiger partial charge is 0.341 e. The monoisotopic (exact) mass is 602 g/mol. The lowest BCUT2D eigenvalue weighted by atomic mass is 9.88. The van der Waals surface area contributed by atoms with E-state index in [1.54, 1.807) is 0 Å². The number of thiophene rings is 2. The first-order valence-corrected chi connectivity index (χ1v) is 16.6. The summed E-state index contributed by atoms with van der Waals surface area (Å²) in [4.78, 5) is 53.8. The Morgan fingerprint density at radius 1 is 0.732 bits per heavy atom. The summed E-state index contributed by atoms with van der Waals surface area (Å²) in [7, 11) is 0. The Kier molecular flexibility index (Phi) is 11.0. The maximum Gasteiger partial charge on any atom is 0.341 e. The van der Waals surface area contributed by atoms with Crippen molar-refractivity contribution in [2.24, 2.45) is 11.8 Å². The molecule has 0 spiro atoms. The van der Waals surface area contributed by atoms with Crippen molar-refractivity contribution < 1.29 is 28.7 Å². The van der Waals surface area contributed by atoms with Crippen molar-refractivity contribution in [3.8, 4) is 0 Å². The van der Waals surface area contributed by atoms with Gasteiger partial charge in [-0.15, -0.1) is 22.7 Å². The third kappa shape index (κ3) is 7.77. The van der Waals surface area contributed by atoms with E-state index < -0.39 is 0 Å². The summed E-state index contributed by atoms with van der Waals surface area (Å²) < 4.78 is 10.9. The van der Waals surface area contributed by atoms with E-state index in [4.69, 9.17) is 9.47 Å². The summed E-state index contributed by atoms with van der Waals surface area (Å²) in [5, 5.41) is 6.96. The van der Waals surface area contributed by atoms with Crippen LogP contribution in [-0.4, -0.2) is 37.0 Å². The topological polar surface area (TPSA) is 111 Å². The number of amides is 2. The lowest BCUT2D eigenvalue weighted by molar-refractivity contribution is -0.117. The zero-order valence-electron chi connectivity index (χ0n) is 24.6. The van der Waals surface area contributed by atoms with Crippen LogP contribution in [0.15, 0.2) is 0 Å². The van der Waals surface area contributed by atoms with Crippen LogP contribution in [0.25, 0.3) is 0 Å². The molecule has 4 rings (SSSR count). The van der Waals surface area contributed by atoms with E-state index in [0.29, 0.717) is 52.6 Å². The van der Waals surface area contributed by atoms with E-state index in [1.807, 2.05) is 13.8 Å². The van der Waals surface area contributed by atoms with Crippen molar-refractivity contribution in [3.63, 3.8) is 0 Å². The van der Waals surface area contributed by atoms with Gasteiger partial charge in [-0.25, -0.2) is 9.59 Å². The number of hydrogen-bond donors (Lipinski definition) is 2. The van der Waals surface area contributed by atoms with E-state index >= 15 is 0 Å². The van der Waals surface area contributed by atoms with Crippen LogP contribution < -0.4 is 10.6 Å². The average Bonchev–Trinajstić information content (AvgIpc) is 3.46. The Hall–Kier alpha value is -2.72. The standard InChI is InChI=1S/C31H42N2O6S2/c1-5-14-38-30(36)26-20-12-10-18(3)16-22(20)40-28(26)32-24(34)8-7-9-25(35)33-29-27(31(37)39-15-6-2)21-13-11-19(4)17-23(21)41-29/h18-19H,5-17H2,1-4H3,(H,32,34)(H,33,35). The molecule has 2 aromatic rings. The van der Waals surface area contributed by atoms with Crippen molar-refractivity contribution >= 4 is 56.4 Å². The summed E-state index contributed by atoms with van der Waals surface area (Å²) in [5.74, 6) is -0.162. The molecule has 0 fully saturated rings. The lowest BCUT2D eigenvalue weighted by Gasteiger charge is -2.18. The van der Waals surface area contributed by atoms with Crippen molar-refractivity contribution in [1.82, 2.24) is 0 Å². The molecule has 2 N–H and O–H groups in total. The molecule has 2 aromatic heterocycles. The summed E-state index contributed by atoms with van der Waals surface area (Å²) >= 11 is 2.93. The van der Waals surface area contributed by atoms with Crippen molar-refractivity contribution in [2.75, 3.05) is 23.8 Å². The molecule has 2 aliphatic rings. The van der Waals surface area contributed by atoms with Gasteiger partial charge < -0.3 is 20.1 Å². The SMILES string of the molecule is CCCOC(=O)c1c(NC(=O)CCCC(=O)Nc2sc3c(c2C(=O)OCCC)CCC(C)C3)sc2c1CCC(C)C2. The van der Waals surface area contributed by atoms with Gasteiger partial charge >= 0.3 is 11.9 Å². The molecule has 2 amide bonds. The molecule has 2 unspecified atom stereocenters. The van der Waals surface area contributed by atoms with Crippen molar-refractivity contribution in [2.45, 2.75) is 98.3 Å². The number of rotatable bonds is 12. The fourth-order valence-electron chi connectivity index (χ4n) is 5.43. The van der Waals surface area contributed by atoms with E-state index in [9.17, 15) is 19.2 Å². The summed E-state index contributed by atoms with van der Waals surface area (Å²) in [5.41, 5.74) is 3.00. The minimum Gasteiger partial charge on any atom is -0.462 e. The van der Waals surface area contributed by atoms with Gasteiger partial charge in [-0.3, -0.25) is 9.59 Å². The van der Waals surface area contributed by atoms with Crippen LogP contribution >= 0.6 is 22.7 Å². The maximum absolute atomic E-state index is 12.9. The maximum atomic E-state index is 12.9. The second-order valence-electron chi connectivity index (χ2n) is 11.3. The van der Waals surface area contributed by atoms with Gasteiger partial charge in [-0.1, -0.05) is 27.7 Å². The molecule has 0 aromatic carbocycles. The highest BCUT2D eigenvalue weighted by molar-refractivity contribution is 7.17. The van der Waals surface area contributed by atoms with Crippen LogP contribution in [-0.2, 0) is 44.7 Å². The number of carbonyl (C=O) groups excluding carboxylic acids is 4. The quantitative estimate of drug-likeness (QED) is 0.255.